The maximum atomic E-state index is 13.3. The molecule has 0 saturated heterocycles. The van der Waals surface area contributed by atoms with Crippen LogP contribution in [0.4, 0.5) is 0 Å². The summed E-state index contributed by atoms with van der Waals surface area (Å²) in [7, 11) is 1.62. The standard InChI is InChI=1S/C24H23N5O3/c1-3-12-27-23(30)20-21-25-19(17-10-7-11-18(13-17)32-2)15-29(21)26-22(20)28(24(27)31)14-16-8-5-4-6-9-16/h4-11,13,15,25H,3,12,14H2,1-2H3. The summed E-state index contributed by atoms with van der Waals surface area (Å²) in [4.78, 5) is 29.9. The smallest absolute Gasteiger partial charge is 0.333 e. The average molecular weight is 429 g/mol. The Bertz CT molecular complexity index is 1540. The number of benzene rings is 2. The van der Waals surface area contributed by atoms with Gasteiger partial charge >= 0.3 is 5.69 Å². The van der Waals surface area contributed by atoms with Gasteiger partial charge in [0.25, 0.3) is 5.56 Å². The van der Waals surface area contributed by atoms with Crippen molar-refractivity contribution in [2.24, 2.45) is 0 Å². The number of nitrogens with zero attached hydrogens (tertiary/aromatic N) is 4. The van der Waals surface area contributed by atoms with Gasteiger partial charge in [-0.15, -0.1) is 5.10 Å². The number of H-pyrrole nitrogens is 1. The number of nitrogens with one attached hydrogen (secondary N) is 1. The molecule has 0 spiro atoms. The first kappa shape index (κ1) is 19.9. The molecule has 162 valence electrons. The summed E-state index contributed by atoms with van der Waals surface area (Å²) in [6.07, 6.45) is 2.50. The maximum absolute atomic E-state index is 13.3. The highest BCUT2D eigenvalue weighted by Crippen LogP contribution is 2.25. The molecule has 3 heterocycles. The Kier molecular flexibility index (Phi) is 4.89. The van der Waals surface area contributed by atoms with Crippen molar-refractivity contribution < 1.29 is 4.74 Å². The second kappa shape index (κ2) is 7.88. The van der Waals surface area contributed by atoms with Crippen molar-refractivity contribution >= 4 is 16.7 Å². The number of ether oxygens (including phenoxy) is 1. The summed E-state index contributed by atoms with van der Waals surface area (Å²) >= 11 is 0. The summed E-state index contributed by atoms with van der Waals surface area (Å²) in [5.74, 6) is 0.738. The molecule has 0 unspecified atom stereocenters. The van der Waals surface area contributed by atoms with Gasteiger partial charge in [0.15, 0.2) is 5.65 Å². The molecule has 0 aliphatic heterocycles. The number of aromatic nitrogens is 5. The van der Waals surface area contributed by atoms with E-state index in [4.69, 9.17) is 4.74 Å². The van der Waals surface area contributed by atoms with Crippen molar-refractivity contribution in [1.82, 2.24) is 23.7 Å². The summed E-state index contributed by atoms with van der Waals surface area (Å²) in [5.41, 5.74) is 2.94. The Balaban J connectivity index is 1.75. The molecule has 32 heavy (non-hydrogen) atoms. The third-order valence-corrected chi connectivity index (χ3v) is 5.58. The van der Waals surface area contributed by atoms with Crippen LogP contribution in [-0.4, -0.2) is 30.8 Å². The molecule has 0 saturated carbocycles. The van der Waals surface area contributed by atoms with Gasteiger partial charge in [0, 0.05) is 12.1 Å². The van der Waals surface area contributed by atoms with Gasteiger partial charge in [0.2, 0.25) is 0 Å². The minimum Gasteiger partial charge on any atom is -0.497 e. The van der Waals surface area contributed by atoms with Gasteiger partial charge in [-0.1, -0.05) is 49.4 Å². The molecular weight excluding hydrogens is 406 g/mol. The first-order valence-electron chi connectivity index (χ1n) is 10.5. The number of rotatable bonds is 6. The topological polar surface area (TPSA) is 86.3 Å². The quantitative estimate of drug-likeness (QED) is 0.449. The zero-order chi connectivity index (χ0) is 22.2. The number of imidazole rings is 1. The van der Waals surface area contributed by atoms with E-state index in [9.17, 15) is 9.59 Å². The second-order valence-corrected chi connectivity index (χ2v) is 7.70. The minimum absolute atomic E-state index is 0.329. The molecule has 0 radical (unpaired) electrons. The van der Waals surface area contributed by atoms with E-state index in [1.807, 2.05) is 67.7 Å². The van der Waals surface area contributed by atoms with E-state index in [-0.39, 0.29) is 11.2 Å². The van der Waals surface area contributed by atoms with Gasteiger partial charge in [0.1, 0.15) is 16.8 Å². The Morgan fingerprint density at radius 3 is 2.59 bits per heavy atom. The molecule has 0 atom stereocenters. The highest BCUT2D eigenvalue weighted by molar-refractivity contribution is 5.90. The lowest BCUT2D eigenvalue weighted by molar-refractivity contribution is 0.415. The van der Waals surface area contributed by atoms with Crippen LogP contribution in [0, 0.1) is 0 Å². The molecule has 0 amide bonds. The predicted octanol–water partition coefficient (Wildman–Crippen LogP) is 3.27. The lowest BCUT2D eigenvalue weighted by Crippen LogP contribution is -2.40. The van der Waals surface area contributed by atoms with Crippen LogP contribution in [0.2, 0.25) is 0 Å². The third-order valence-electron chi connectivity index (χ3n) is 5.58. The Morgan fingerprint density at radius 2 is 1.84 bits per heavy atom. The SMILES string of the molecule is CCCn1c(=O)c2c(nn3cc(-c4cccc(OC)c4)[nH]c23)n(Cc2ccccc2)c1=O. The number of aromatic amines is 1. The number of hydrogen-bond acceptors (Lipinski definition) is 4. The largest absolute Gasteiger partial charge is 0.497 e. The van der Waals surface area contributed by atoms with Crippen molar-refractivity contribution in [2.75, 3.05) is 7.11 Å². The van der Waals surface area contributed by atoms with E-state index >= 15 is 0 Å². The fourth-order valence-electron chi connectivity index (χ4n) is 4.03. The van der Waals surface area contributed by atoms with Crippen molar-refractivity contribution in [3.05, 3.63) is 87.2 Å². The van der Waals surface area contributed by atoms with Crippen molar-refractivity contribution in [1.29, 1.82) is 0 Å². The fraction of sp³-hybridized carbons (Fsp3) is 0.208. The lowest BCUT2D eigenvalue weighted by Gasteiger charge is -2.11. The molecule has 0 bridgehead atoms. The fourth-order valence-corrected chi connectivity index (χ4v) is 4.03. The van der Waals surface area contributed by atoms with E-state index in [1.54, 1.807) is 16.2 Å². The van der Waals surface area contributed by atoms with Crippen LogP contribution >= 0.6 is 0 Å². The van der Waals surface area contributed by atoms with Crippen molar-refractivity contribution in [3.8, 4) is 17.0 Å². The van der Waals surface area contributed by atoms with E-state index in [0.717, 1.165) is 22.6 Å². The molecule has 0 fully saturated rings. The Morgan fingerprint density at radius 1 is 1.03 bits per heavy atom. The third kappa shape index (κ3) is 3.20. The Labute approximate surface area is 183 Å². The van der Waals surface area contributed by atoms with E-state index in [2.05, 4.69) is 10.1 Å². The number of hydrogen-bond donors (Lipinski definition) is 1. The summed E-state index contributed by atoms with van der Waals surface area (Å²) < 4.78 is 9.84. The predicted molar refractivity (Wildman–Crippen MR) is 123 cm³/mol. The van der Waals surface area contributed by atoms with Crippen LogP contribution in [-0.2, 0) is 13.1 Å². The lowest BCUT2D eigenvalue weighted by atomic mass is 10.1. The van der Waals surface area contributed by atoms with Gasteiger partial charge < -0.3 is 9.72 Å². The van der Waals surface area contributed by atoms with Crippen LogP contribution in [0.15, 0.2) is 70.4 Å². The van der Waals surface area contributed by atoms with Crippen LogP contribution in [0.1, 0.15) is 18.9 Å². The molecule has 5 aromatic rings. The first-order chi connectivity index (χ1) is 15.6. The normalized spacial score (nSPS) is 11.4. The number of fused-ring (bicyclic) bond motifs is 3. The van der Waals surface area contributed by atoms with Gasteiger partial charge in [-0.25, -0.2) is 9.31 Å². The molecule has 8 nitrogen and oxygen atoms in total. The second-order valence-electron chi connectivity index (χ2n) is 7.70. The van der Waals surface area contributed by atoms with Gasteiger partial charge in [-0.05, 0) is 24.1 Å². The van der Waals surface area contributed by atoms with Gasteiger partial charge in [-0.3, -0.25) is 13.9 Å². The van der Waals surface area contributed by atoms with Crippen molar-refractivity contribution in [2.45, 2.75) is 26.4 Å². The molecule has 8 heteroatoms. The molecule has 2 aromatic carbocycles. The van der Waals surface area contributed by atoms with Crippen LogP contribution in [0.3, 0.4) is 0 Å². The zero-order valence-corrected chi connectivity index (χ0v) is 17.9. The summed E-state index contributed by atoms with van der Waals surface area (Å²) in [6, 6.07) is 17.3. The van der Waals surface area contributed by atoms with Gasteiger partial charge in [-0.2, -0.15) is 0 Å². The molecule has 5 rings (SSSR count). The molecular formula is C24H23N5O3. The van der Waals surface area contributed by atoms with E-state index in [0.29, 0.717) is 36.2 Å². The Hall–Kier alpha value is -4.07. The first-order valence-corrected chi connectivity index (χ1v) is 10.5. The van der Waals surface area contributed by atoms with Gasteiger partial charge in [0.05, 0.1) is 25.5 Å². The van der Waals surface area contributed by atoms with E-state index in [1.165, 1.54) is 4.57 Å². The monoisotopic (exact) mass is 429 g/mol. The molecule has 0 aliphatic carbocycles. The molecule has 3 aromatic heterocycles. The maximum Gasteiger partial charge on any atom is 0.333 e. The minimum atomic E-state index is -0.345. The molecule has 0 aliphatic rings. The van der Waals surface area contributed by atoms with Crippen LogP contribution in [0.5, 0.6) is 5.75 Å². The highest BCUT2D eigenvalue weighted by Gasteiger charge is 2.20. The average Bonchev–Trinajstić information content (AvgIpc) is 3.38. The molecule has 1 N–H and O–H groups in total. The van der Waals surface area contributed by atoms with Crippen LogP contribution in [0.25, 0.3) is 27.9 Å². The van der Waals surface area contributed by atoms with Crippen LogP contribution < -0.4 is 16.0 Å². The zero-order valence-electron chi connectivity index (χ0n) is 17.9. The number of methoxy groups -OCH3 is 1. The van der Waals surface area contributed by atoms with E-state index < -0.39 is 0 Å². The summed E-state index contributed by atoms with van der Waals surface area (Å²) in [6.45, 7) is 2.63. The summed E-state index contributed by atoms with van der Waals surface area (Å²) in [5, 5.41) is 5.03. The highest BCUT2D eigenvalue weighted by atomic mass is 16.5. The van der Waals surface area contributed by atoms with Crippen molar-refractivity contribution in [3.63, 3.8) is 0 Å².